The van der Waals surface area contributed by atoms with E-state index < -0.39 is 0 Å². The van der Waals surface area contributed by atoms with Gasteiger partial charge in [0.1, 0.15) is 0 Å². The highest BCUT2D eigenvalue weighted by atomic mass is 14.6. The second-order valence-corrected chi connectivity index (χ2v) is 6.22. The molecule has 0 aromatic carbocycles. The summed E-state index contributed by atoms with van der Waals surface area (Å²) in [4.78, 5) is 0. The van der Waals surface area contributed by atoms with Gasteiger partial charge in [0.25, 0.3) is 0 Å². The van der Waals surface area contributed by atoms with Gasteiger partial charge in [0.05, 0.1) is 0 Å². The molecular formula is C13H26. The van der Waals surface area contributed by atoms with E-state index in [9.17, 15) is 0 Å². The molecule has 1 fully saturated rings. The summed E-state index contributed by atoms with van der Waals surface area (Å²) in [5.41, 5.74) is 1.19. The molecule has 1 rings (SSSR count). The molecule has 1 aliphatic carbocycles. The Hall–Kier alpha value is 0. The van der Waals surface area contributed by atoms with Crippen LogP contribution in [0.5, 0.6) is 0 Å². The molecule has 0 amide bonds. The first-order valence-corrected chi connectivity index (χ1v) is 5.75. The van der Waals surface area contributed by atoms with E-state index in [2.05, 4.69) is 48.5 Å². The van der Waals surface area contributed by atoms with E-state index in [-0.39, 0.29) is 0 Å². The Labute approximate surface area is 84.1 Å². The molecule has 1 saturated carbocycles. The molecule has 0 aromatic rings. The fraction of sp³-hybridized carbons (Fsp3) is 1.00. The van der Waals surface area contributed by atoms with Crippen molar-refractivity contribution in [2.75, 3.05) is 0 Å². The van der Waals surface area contributed by atoms with Crippen LogP contribution in [0.2, 0.25) is 0 Å². The SMILES string of the molecule is CC(C)C1(C)CC(C)(C(C)C)C1C. The molecule has 1 aliphatic rings. The Bertz CT molecular complexity index is 172. The third-order valence-electron chi connectivity index (χ3n) is 5.38. The first-order chi connectivity index (χ1) is 5.75. The van der Waals surface area contributed by atoms with Gasteiger partial charge < -0.3 is 0 Å². The summed E-state index contributed by atoms with van der Waals surface area (Å²) in [5, 5.41) is 0. The molecule has 0 bridgehead atoms. The van der Waals surface area contributed by atoms with Crippen molar-refractivity contribution in [1.82, 2.24) is 0 Å². The molecule has 0 aliphatic heterocycles. The van der Waals surface area contributed by atoms with Crippen molar-refractivity contribution < 1.29 is 0 Å². The summed E-state index contributed by atoms with van der Waals surface area (Å²) in [5.74, 6) is 2.53. The lowest BCUT2D eigenvalue weighted by atomic mass is 9.41. The van der Waals surface area contributed by atoms with Gasteiger partial charge in [0.15, 0.2) is 0 Å². The molecule has 13 heavy (non-hydrogen) atoms. The molecule has 0 N–H and O–H groups in total. The molecule has 0 heterocycles. The largest absolute Gasteiger partial charge is 0.0622 e. The van der Waals surface area contributed by atoms with E-state index >= 15 is 0 Å². The highest BCUT2D eigenvalue weighted by Crippen LogP contribution is 2.65. The van der Waals surface area contributed by atoms with Crippen LogP contribution in [0.4, 0.5) is 0 Å². The number of hydrogen-bond donors (Lipinski definition) is 0. The standard InChI is InChI=1S/C13H26/c1-9(2)12(6)8-13(7,10(3)4)11(12)5/h9-11H,8H2,1-7H3. The second kappa shape index (κ2) is 3.00. The molecule has 0 spiro atoms. The van der Waals surface area contributed by atoms with E-state index in [0.29, 0.717) is 10.8 Å². The Morgan fingerprint density at radius 3 is 1.38 bits per heavy atom. The molecule has 0 aromatic heterocycles. The highest BCUT2D eigenvalue weighted by molar-refractivity contribution is 5.06. The van der Waals surface area contributed by atoms with Crippen LogP contribution < -0.4 is 0 Å². The zero-order valence-electron chi connectivity index (χ0n) is 10.4. The fourth-order valence-corrected chi connectivity index (χ4v) is 3.16. The van der Waals surface area contributed by atoms with Crippen LogP contribution in [-0.2, 0) is 0 Å². The summed E-state index contributed by atoms with van der Waals surface area (Å²) < 4.78 is 0. The minimum absolute atomic E-state index is 0.596. The second-order valence-electron chi connectivity index (χ2n) is 6.22. The van der Waals surface area contributed by atoms with Crippen molar-refractivity contribution in [1.29, 1.82) is 0 Å². The van der Waals surface area contributed by atoms with Gasteiger partial charge in [0, 0.05) is 0 Å². The molecule has 2 atom stereocenters. The number of hydrogen-bond acceptors (Lipinski definition) is 0. The average molecular weight is 182 g/mol. The van der Waals surface area contributed by atoms with Crippen molar-refractivity contribution in [3.05, 3.63) is 0 Å². The van der Waals surface area contributed by atoms with Crippen LogP contribution in [0.3, 0.4) is 0 Å². The predicted molar refractivity (Wildman–Crippen MR) is 59.7 cm³/mol. The third kappa shape index (κ3) is 1.33. The van der Waals surface area contributed by atoms with E-state index in [1.807, 2.05) is 0 Å². The van der Waals surface area contributed by atoms with Crippen molar-refractivity contribution in [2.24, 2.45) is 28.6 Å². The molecule has 0 heteroatoms. The molecule has 0 nitrogen and oxygen atoms in total. The van der Waals surface area contributed by atoms with Crippen molar-refractivity contribution >= 4 is 0 Å². The van der Waals surface area contributed by atoms with Gasteiger partial charge in [-0.3, -0.25) is 0 Å². The van der Waals surface area contributed by atoms with Gasteiger partial charge in [-0.1, -0.05) is 48.5 Å². The molecule has 78 valence electrons. The maximum absolute atomic E-state index is 2.46. The van der Waals surface area contributed by atoms with Crippen LogP contribution >= 0.6 is 0 Å². The smallest absolute Gasteiger partial charge is 0.0266 e. The zero-order chi connectivity index (χ0) is 10.4. The summed E-state index contributed by atoms with van der Waals surface area (Å²) in [6, 6.07) is 0. The van der Waals surface area contributed by atoms with Crippen LogP contribution in [0.1, 0.15) is 54.9 Å². The van der Waals surface area contributed by atoms with Crippen LogP contribution in [-0.4, -0.2) is 0 Å². The minimum Gasteiger partial charge on any atom is -0.0622 e. The Balaban J connectivity index is 2.76. The van der Waals surface area contributed by atoms with Crippen LogP contribution in [0.25, 0.3) is 0 Å². The van der Waals surface area contributed by atoms with Gasteiger partial charge in [-0.2, -0.15) is 0 Å². The van der Waals surface area contributed by atoms with Gasteiger partial charge in [-0.15, -0.1) is 0 Å². The minimum atomic E-state index is 0.596. The van der Waals surface area contributed by atoms with Crippen molar-refractivity contribution in [3.8, 4) is 0 Å². The maximum atomic E-state index is 2.46. The zero-order valence-corrected chi connectivity index (χ0v) is 10.4. The summed E-state index contributed by atoms with van der Waals surface area (Å²) >= 11 is 0. The normalized spacial score (nSPS) is 45.5. The maximum Gasteiger partial charge on any atom is -0.0266 e. The monoisotopic (exact) mass is 182 g/mol. The van der Waals surface area contributed by atoms with Gasteiger partial charge >= 0.3 is 0 Å². The summed E-state index contributed by atoms with van der Waals surface area (Å²) in [6.45, 7) is 16.9. The van der Waals surface area contributed by atoms with Crippen LogP contribution in [0, 0.1) is 28.6 Å². The Kier molecular flexibility index (Phi) is 2.56. The molecular weight excluding hydrogens is 156 g/mol. The molecule has 0 saturated heterocycles. The quantitative estimate of drug-likeness (QED) is 0.595. The Morgan fingerprint density at radius 1 is 0.923 bits per heavy atom. The lowest BCUT2D eigenvalue weighted by Gasteiger charge is -2.64. The topological polar surface area (TPSA) is 0 Å². The van der Waals surface area contributed by atoms with Gasteiger partial charge in [-0.05, 0) is 35.0 Å². The van der Waals surface area contributed by atoms with E-state index in [1.54, 1.807) is 0 Å². The summed E-state index contributed by atoms with van der Waals surface area (Å²) in [6.07, 6.45) is 1.41. The van der Waals surface area contributed by atoms with Crippen molar-refractivity contribution in [3.63, 3.8) is 0 Å². The predicted octanol–water partition coefficient (Wildman–Crippen LogP) is 4.35. The first-order valence-electron chi connectivity index (χ1n) is 5.75. The fourth-order valence-electron chi connectivity index (χ4n) is 3.16. The van der Waals surface area contributed by atoms with Gasteiger partial charge in [-0.25, -0.2) is 0 Å². The summed E-state index contributed by atoms with van der Waals surface area (Å²) in [7, 11) is 0. The first kappa shape index (κ1) is 11.1. The highest BCUT2D eigenvalue weighted by Gasteiger charge is 2.57. The van der Waals surface area contributed by atoms with Crippen LogP contribution in [0.15, 0.2) is 0 Å². The lowest BCUT2D eigenvalue weighted by Crippen LogP contribution is -2.56. The number of rotatable bonds is 2. The third-order valence-corrected chi connectivity index (χ3v) is 5.38. The van der Waals surface area contributed by atoms with E-state index in [0.717, 1.165) is 17.8 Å². The lowest BCUT2D eigenvalue weighted by molar-refractivity contribution is -0.149. The molecule has 2 unspecified atom stereocenters. The Morgan fingerprint density at radius 2 is 1.23 bits per heavy atom. The van der Waals surface area contributed by atoms with E-state index in [1.165, 1.54) is 6.42 Å². The molecule has 0 radical (unpaired) electrons. The average Bonchev–Trinajstić information content (AvgIpc) is 2.02. The van der Waals surface area contributed by atoms with Gasteiger partial charge in [0.2, 0.25) is 0 Å². The van der Waals surface area contributed by atoms with E-state index in [4.69, 9.17) is 0 Å². The van der Waals surface area contributed by atoms with Crippen molar-refractivity contribution in [2.45, 2.75) is 54.9 Å².